The summed E-state index contributed by atoms with van der Waals surface area (Å²) in [5.41, 5.74) is 1.66. The number of anilines is 1. The second-order valence-corrected chi connectivity index (χ2v) is 6.32. The van der Waals surface area contributed by atoms with Crippen molar-refractivity contribution in [2.45, 2.75) is 18.2 Å². The highest BCUT2D eigenvalue weighted by atomic mass is 32.2. The van der Waals surface area contributed by atoms with Crippen molar-refractivity contribution >= 4 is 22.3 Å². The number of rotatable bonds is 6. The molecule has 1 aromatic heterocycles. The van der Waals surface area contributed by atoms with E-state index in [-0.39, 0.29) is 4.90 Å². The number of carbonyl (C=O) groups is 1. The maximum absolute atomic E-state index is 11.2. The van der Waals surface area contributed by atoms with Gasteiger partial charge in [-0.2, -0.15) is 0 Å². The lowest BCUT2D eigenvalue weighted by atomic mass is 10.1. The molecule has 116 valence electrons. The van der Waals surface area contributed by atoms with Gasteiger partial charge in [-0.1, -0.05) is 12.1 Å². The molecule has 2 aromatic rings. The molecule has 1 aromatic carbocycles. The van der Waals surface area contributed by atoms with E-state index < -0.39 is 10.0 Å². The number of carbonyl (C=O) groups excluding carboxylic acids is 1. The quantitative estimate of drug-likeness (QED) is 0.786. The van der Waals surface area contributed by atoms with Crippen molar-refractivity contribution in [2.75, 3.05) is 11.4 Å². The molecule has 0 saturated heterocycles. The Balaban J connectivity index is 2.04. The van der Waals surface area contributed by atoms with Crippen LogP contribution in [0.5, 0.6) is 0 Å². The lowest BCUT2D eigenvalue weighted by Crippen LogP contribution is -2.25. The average Bonchev–Trinajstić information content (AvgIpc) is 2.49. The minimum Gasteiger partial charge on any atom is -0.298 e. The maximum atomic E-state index is 11.2. The van der Waals surface area contributed by atoms with E-state index in [2.05, 4.69) is 9.97 Å². The van der Waals surface area contributed by atoms with Crippen LogP contribution in [0.25, 0.3) is 0 Å². The predicted molar refractivity (Wildman–Crippen MR) is 81.7 cm³/mol. The molecular weight excluding hydrogens is 304 g/mol. The fourth-order valence-electron chi connectivity index (χ4n) is 1.85. The van der Waals surface area contributed by atoms with Gasteiger partial charge in [0.25, 0.3) is 0 Å². The number of hydrogen-bond donors (Lipinski definition) is 1. The highest BCUT2D eigenvalue weighted by Crippen LogP contribution is 2.12. The van der Waals surface area contributed by atoms with E-state index in [0.717, 1.165) is 11.3 Å². The van der Waals surface area contributed by atoms with E-state index >= 15 is 0 Å². The summed E-state index contributed by atoms with van der Waals surface area (Å²) < 4.78 is 22.4. The van der Waals surface area contributed by atoms with Crippen LogP contribution >= 0.6 is 0 Å². The van der Waals surface area contributed by atoms with Gasteiger partial charge >= 0.3 is 0 Å². The molecule has 1 amide bonds. The van der Waals surface area contributed by atoms with Crippen LogP contribution in [-0.2, 0) is 21.2 Å². The van der Waals surface area contributed by atoms with Gasteiger partial charge in [-0.05, 0) is 31.0 Å². The Morgan fingerprint density at radius 2 is 1.86 bits per heavy atom. The van der Waals surface area contributed by atoms with E-state index in [1.165, 1.54) is 23.2 Å². The molecular formula is C14H16N4O3S. The lowest BCUT2D eigenvalue weighted by molar-refractivity contribution is -0.107. The van der Waals surface area contributed by atoms with Gasteiger partial charge in [0.1, 0.15) is 0 Å². The molecule has 0 spiro atoms. The van der Waals surface area contributed by atoms with Crippen molar-refractivity contribution in [3.05, 3.63) is 47.9 Å². The van der Waals surface area contributed by atoms with Gasteiger partial charge in [0.2, 0.25) is 16.4 Å². The van der Waals surface area contributed by atoms with Crippen molar-refractivity contribution < 1.29 is 13.2 Å². The van der Waals surface area contributed by atoms with Crippen LogP contribution in [0.4, 0.5) is 5.82 Å². The topological polar surface area (TPSA) is 106 Å². The monoisotopic (exact) mass is 320 g/mol. The number of aryl methyl sites for hydroxylation is 1. The molecule has 0 aliphatic heterocycles. The maximum Gasteiger partial charge on any atom is 0.238 e. The lowest BCUT2D eigenvalue weighted by Gasteiger charge is -2.16. The summed E-state index contributed by atoms with van der Waals surface area (Å²) in [5, 5.41) is 5.04. The van der Waals surface area contributed by atoms with Gasteiger partial charge in [0, 0.05) is 6.54 Å². The van der Waals surface area contributed by atoms with Crippen molar-refractivity contribution in [3.63, 3.8) is 0 Å². The number of primary sulfonamides is 1. The number of sulfonamides is 1. The first-order chi connectivity index (χ1) is 10.4. The second-order valence-electron chi connectivity index (χ2n) is 4.75. The molecule has 2 rings (SSSR count). The first kappa shape index (κ1) is 16.1. The van der Waals surface area contributed by atoms with Gasteiger partial charge in [0.05, 0.1) is 23.0 Å². The smallest absolute Gasteiger partial charge is 0.238 e. The predicted octanol–water partition coefficient (Wildman–Crippen LogP) is 0.638. The minimum absolute atomic E-state index is 0.0629. The Morgan fingerprint density at radius 3 is 2.36 bits per heavy atom. The van der Waals surface area contributed by atoms with Crippen molar-refractivity contribution in [1.82, 2.24) is 9.97 Å². The molecule has 0 saturated carbocycles. The van der Waals surface area contributed by atoms with Crippen LogP contribution in [0.1, 0.15) is 11.3 Å². The molecule has 0 aliphatic carbocycles. The molecule has 1 heterocycles. The zero-order valence-corrected chi connectivity index (χ0v) is 12.8. The van der Waals surface area contributed by atoms with Crippen molar-refractivity contribution in [3.8, 4) is 0 Å². The Hall–Kier alpha value is -2.32. The largest absolute Gasteiger partial charge is 0.298 e. The molecule has 0 unspecified atom stereocenters. The third-order valence-electron chi connectivity index (χ3n) is 3.08. The standard InChI is InChI=1S/C14H16N4O3S/c1-11-8-17-14(9-16-11)18(10-19)7-6-12-2-4-13(5-3-12)22(15,20)21/h2-5,8-10H,6-7H2,1H3,(H2,15,20,21). The van der Waals surface area contributed by atoms with E-state index in [9.17, 15) is 13.2 Å². The Kier molecular flexibility index (Phi) is 4.84. The number of benzene rings is 1. The zero-order chi connectivity index (χ0) is 16.2. The summed E-state index contributed by atoms with van der Waals surface area (Å²) in [4.78, 5) is 20.9. The van der Waals surface area contributed by atoms with Crippen LogP contribution in [0, 0.1) is 6.92 Å². The summed E-state index contributed by atoms with van der Waals surface area (Å²) in [7, 11) is -3.69. The van der Waals surface area contributed by atoms with E-state index in [1.54, 1.807) is 18.3 Å². The molecule has 0 bridgehead atoms. The highest BCUT2D eigenvalue weighted by Gasteiger charge is 2.09. The molecule has 7 nitrogen and oxygen atoms in total. The van der Waals surface area contributed by atoms with Gasteiger partial charge in [0.15, 0.2) is 5.82 Å². The van der Waals surface area contributed by atoms with Crippen LogP contribution < -0.4 is 10.0 Å². The van der Waals surface area contributed by atoms with Crippen LogP contribution in [-0.4, -0.2) is 31.3 Å². The first-order valence-electron chi connectivity index (χ1n) is 6.52. The molecule has 0 aliphatic rings. The highest BCUT2D eigenvalue weighted by molar-refractivity contribution is 7.89. The third kappa shape index (κ3) is 4.09. The molecule has 0 atom stereocenters. The summed E-state index contributed by atoms with van der Waals surface area (Å²) in [6, 6.07) is 6.23. The van der Waals surface area contributed by atoms with E-state index in [0.29, 0.717) is 25.2 Å². The molecule has 0 radical (unpaired) electrons. The number of nitrogens with two attached hydrogens (primary N) is 1. The van der Waals surface area contributed by atoms with E-state index in [4.69, 9.17) is 5.14 Å². The van der Waals surface area contributed by atoms with Gasteiger partial charge in [-0.25, -0.2) is 18.5 Å². The molecule has 8 heteroatoms. The van der Waals surface area contributed by atoms with E-state index in [1.807, 2.05) is 6.92 Å². The van der Waals surface area contributed by atoms with Crippen LogP contribution in [0.2, 0.25) is 0 Å². The van der Waals surface area contributed by atoms with Crippen LogP contribution in [0.15, 0.2) is 41.6 Å². The summed E-state index contributed by atoms with van der Waals surface area (Å²) in [6.45, 7) is 2.23. The number of aromatic nitrogens is 2. The fraction of sp³-hybridized carbons (Fsp3) is 0.214. The molecule has 22 heavy (non-hydrogen) atoms. The Bertz CT molecular complexity index is 743. The average molecular weight is 320 g/mol. The minimum atomic E-state index is -3.69. The van der Waals surface area contributed by atoms with Crippen molar-refractivity contribution in [2.24, 2.45) is 5.14 Å². The summed E-state index contributed by atoms with van der Waals surface area (Å²) in [5.74, 6) is 0.474. The Labute approximate surface area is 128 Å². The second kappa shape index (κ2) is 6.63. The SMILES string of the molecule is Cc1cnc(N(C=O)CCc2ccc(S(N)(=O)=O)cc2)cn1. The van der Waals surface area contributed by atoms with Crippen molar-refractivity contribution in [1.29, 1.82) is 0 Å². The first-order valence-corrected chi connectivity index (χ1v) is 8.07. The zero-order valence-electron chi connectivity index (χ0n) is 12.0. The number of hydrogen-bond acceptors (Lipinski definition) is 5. The third-order valence-corrected chi connectivity index (χ3v) is 4.01. The molecule has 0 fully saturated rings. The Morgan fingerprint density at radius 1 is 1.18 bits per heavy atom. The summed E-state index contributed by atoms with van der Waals surface area (Å²) in [6.07, 6.45) is 4.37. The normalized spacial score (nSPS) is 11.2. The summed E-state index contributed by atoms with van der Waals surface area (Å²) >= 11 is 0. The number of nitrogens with zero attached hydrogens (tertiary/aromatic N) is 3. The fourth-order valence-corrected chi connectivity index (χ4v) is 2.37. The van der Waals surface area contributed by atoms with Crippen LogP contribution in [0.3, 0.4) is 0 Å². The van der Waals surface area contributed by atoms with Gasteiger partial charge < -0.3 is 0 Å². The van der Waals surface area contributed by atoms with Gasteiger partial charge in [-0.15, -0.1) is 0 Å². The van der Waals surface area contributed by atoms with Gasteiger partial charge in [-0.3, -0.25) is 14.7 Å². The number of amides is 1. The molecule has 2 N–H and O–H groups in total.